The number of likely N-dealkylation sites (tertiary alicyclic amines) is 1. The number of nitrogens with zero attached hydrogens (tertiary/aromatic N) is 2. The van der Waals surface area contributed by atoms with Crippen LogP contribution in [0, 0.1) is 6.92 Å². The number of hydrogen-bond donors (Lipinski definition) is 0. The first-order chi connectivity index (χ1) is 11.4. The van der Waals surface area contributed by atoms with Crippen LogP contribution in [0.1, 0.15) is 30.4 Å². The van der Waals surface area contributed by atoms with Crippen LogP contribution in [-0.4, -0.2) is 54.3 Å². The van der Waals surface area contributed by atoms with E-state index in [0.717, 1.165) is 11.1 Å². The van der Waals surface area contributed by atoms with Gasteiger partial charge in [-0.25, -0.2) is 0 Å². The van der Waals surface area contributed by atoms with Gasteiger partial charge in [0.15, 0.2) is 0 Å². The first-order valence-corrected chi connectivity index (χ1v) is 8.07. The van der Waals surface area contributed by atoms with E-state index in [1.54, 1.807) is 11.9 Å². The van der Waals surface area contributed by atoms with Crippen molar-refractivity contribution in [2.24, 2.45) is 0 Å². The van der Waals surface area contributed by atoms with Gasteiger partial charge in [0, 0.05) is 32.5 Å². The summed E-state index contributed by atoms with van der Waals surface area (Å²) in [6.07, 6.45) is 1.36. The van der Waals surface area contributed by atoms with Crippen LogP contribution < -0.4 is 0 Å². The van der Waals surface area contributed by atoms with E-state index in [9.17, 15) is 14.4 Å². The molecular formula is C18H24N2O4. The van der Waals surface area contributed by atoms with Crippen LogP contribution in [-0.2, 0) is 25.7 Å². The lowest BCUT2D eigenvalue weighted by Crippen LogP contribution is -2.39. The third kappa shape index (κ3) is 4.34. The van der Waals surface area contributed by atoms with Gasteiger partial charge in [0.25, 0.3) is 0 Å². The number of ether oxygens (including phenoxy) is 1. The Labute approximate surface area is 142 Å². The number of hydrogen-bond acceptors (Lipinski definition) is 4. The van der Waals surface area contributed by atoms with Crippen molar-refractivity contribution >= 4 is 17.8 Å². The molecule has 1 aromatic rings. The van der Waals surface area contributed by atoms with Crippen LogP contribution in [0.4, 0.5) is 0 Å². The third-order valence-corrected chi connectivity index (χ3v) is 4.48. The van der Waals surface area contributed by atoms with Crippen molar-refractivity contribution in [1.82, 2.24) is 9.80 Å². The normalized spacial score (nSPS) is 17.0. The minimum absolute atomic E-state index is 0.0756. The third-order valence-electron chi connectivity index (χ3n) is 4.48. The number of esters is 1. The molecule has 24 heavy (non-hydrogen) atoms. The molecule has 0 radical (unpaired) electrons. The first kappa shape index (κ1) is 18.0. The molecule has 1 aliphatic rings. The van der Waals surface area contributed by atoms with Crippen molar-refractivity contribution in [3.63, 3.8) is 0 Å². The maximum Gasteiger partial charge on any atom is 0.325 e. The van der Waals surface area contributed by atoms with Crippen LogP contribution >= 0.6 is 0 Å². The van der Waals surface area contributed by atoms with Gasteiger partial charge in [-0.1, -0.05) is 24.3 Å². The van der Waals surface area contributed by atoms with Gasteiger partial charge in [-0.3, -0.25) is 14.4 Å². The van der Waals surface area contributed by atoms with Crippen molar-refractivity contribution in [3.8, 4) is 0 Å². The molecule has 6 heteroatoms. The quantitative estimate of drug-likeness (QED) is 0.741. The van der Waals surface area contributed by atoms with Crippen LogP contribution in [0.15, 0.2) is 24.3 Å². The minimum atomic E-state index is -0.454. The zero-order valence-corrected chi connectivity index (χ0v) is 14.4. The monoisotopic (exact) mass is 332 g/mol. The van der Waals surface area contributed by atoms with E-state index in [4.69, 9.17) is 0 Å². The van der Waals surface area contributed by atoms with E-state index in [2.05, 4.69) is 4.74 Å². The molecule has 0 aliphatic carbocycles. The number of methoxy groups -OCH3 is 1. The van der Waals surface area contributed by atoms with Crippen LogP contribution in [0.25, 0.3) is 0 Å². The van der Waals surface area contributed by atoms with Gasteiger partial charge in [-0.2, -0.15) is 0 Å². The number of likely N-dealkylation sites (N-methyl/N-ethyl adjacent to an activating group) is 1. The molecule has 0 spiro atoms. The number of rotatable bonds is 6. The Balaban J connectivity index is 2.01. The Morgan fingerprint density at radius 2 is 2.04 bits per heavy atom. The van der Waals surface area contributed by atoms with Gasteiger partial charge in [-0.05, 0) is 24.5 Å². The molecule has 0 saturated carbocycles. The molecule has 0 N–H and O–H groups in total. The molecule has 1 heterocycles. The van der Waals surface area contributed by atoms with Crippen LogP contribution in [0.3, 0.4) is 0 Å². The molecule has 0 aromatic heterocycles. The molecular weight excluding hydrogens is 308 g/mol. The van der Waals surface area contributed by atoms with Gasteiger partial charge in [0.2, 0.25) is 11.8 Å². The Kier molecular flexibility index (Phi) is 5.95. The number of carbonyl (C=O) groups is 3. The van der Waals surface area contributed by atoms with Crippen LogP contribution in [0.5, 0.6) is 0 Å². The fourth-order valence-corrected chi connectivity index (χ4v) is 2.90. The van der Waals surface area contributed by atoms with E-state index < -0.39 is 5.97 Å². The fraction of sp³-hybridized carbons (Fsp3) is 0.500. The second-order valence-electron chi connectivity index (χ2n) is 6.17. The van der Waals surface area contributed by atoms with Crippen molar-refractivity contribution in [2.45, 2.75) is 38.8 Å². The maximum atomic E-state index is 12.3. The molecule has 0 bridgehead atoms. The summed E-state index contributed by atoms with van der Waals surface area (Å²) < 4.78 is 4.57. The first-order valence-electron chi connectivity index (χ1n) is 8.07. The lowest BCUT2D eigenvalue weighted by molar-refractivity contribution is -0.146. The summed E-state index contributed by atoms with van der Waals surface area (Å²) in [5.74, 6) is -0.535. The highest BCUT2D eigenvalue weighted by molar-refractivity contribution is 5.84. The molecule has 1 saturated heterocycles. The smallest absolute Gasteiger partial charge is 0.325 e. The van der Waals surface area contributed by atoms with Crippen LogP contribution in [0.2, 0.25) is 0 Å². The molecule has 6 nitrogen and oxygen atoms in total. The van der Waals surface area contributed by atoms with Crippen molar-refractivity contribution in [1.29, 1.82) is 0 Å². The highest BCUT2D eigenvalue weighted by Crippen LogP contribution is 2.25. The van der Waals surface area contributed by atoms with E-state index in [1.807, 2.05) is 31.2 Å². The molecule has 130 valence electrons. The minimum Gasteiger partial charge on any atom is -0.468 e. The predicted octanol–water partition coefficient (Wildman–Crippen LogP) is 1.51. The van der Waals surface area contributed by atoms with Crippen molar-refractivity contribution in [2.75, 3.05) is 20.7 Å². The van der Waals surface area contributed by atoms with E-state index in [-0.39, 0.29) is 30.8 Å². The lowest BCUT2D eigenvalue weighted by atomic mass is 10.1. The molecule has 2 amide bonds. The van der Waals surface area contributed by atoms with Crippen molar-refractivity contribution in [3.05, 3.63) is 35.4 Å². The van der Waals surface area contributed by atoms with Gasteiger partial charge < -0.3 is 14.5 Å². The highest BCUT2D eigenvalue weighted by Gasteiger charge is 2.33. The Morgan fingerprint density at radius 1 is 1.33 bits per heavy atom. The summed E-state index contributed by atoms with van der Waals surface area (Å²) >= 11 is 0. The summed E-state index contributed by atoms with van der Waals surface area (Å²) in [7, 11) is 2.86. The zero-order chi connectivity index (χ0) is 17.7. The summed E-state index contributed by atoms with van der Waals surface area (Å²) in [6.45, 7) is 2.46. The summed E-state index contributed by atoms with van der Waals surface area (Å²) in [5, 5.41) is 0. The molecule has 1 unspecified atom stereocenters. The second kappa shape index (κ2) is 7.95. The van der Waals surface area contributed by atoms with Crippen molar-refractivity contribution < 1.29 is 19.1 Å². The number of amides is 2. The van der Waals surface area contributed by atoms with E-state index in [1.165, 1.54) is 12.0 Å². The molecule has 1 atom stereocenters. The predicted molar refractivity (Wildman–Crippen MR) is 89.0 cm³/mol. The second-order valence-corrected chi connectivity index (χ2v) is 6.17. The molecule has 1 aliphatic heterocycles. The summed E-state index contributed by atoms with van der Waals surface area (Å²) in [6, 6.07) is 7.81. The Hall–Kier alpha value is -2.37. The summed E-state index contributed by atoms with van der Waals surface area (Å²) in [4.78, 5) is 38.9. The SMILES string of the molecule is COC(=O)CN(C)C(=O)CC1CCC(=O)N1Cc1ccccc1C. The highest BCUT2D eigenvalue weighted by atomic mass is 16.5. The number of aryl methyl sites for hydroxylation is 1. The molecule has 1 fully saturated rings. The molecule has 1 aromatic carbocycles. The average Bonchev–Trinajstić information content (AvgIpc) is 2.89. The topological polar surface area (TPSA) is 66.9 Å². The summed E-state index contributed by atoms with van der Waals surface area (Å²) in [5.41, 5.74) is 2.22. The zero-order valence-electron chi connectivity index (χ0n) is 14.4. The van der Waals surface area contributed by atoms with Gasteiger partial charge in [-0.15, -0.1) is 0 Å². The number of carbonyl (C=O) groups excluding carboxylic acids is 3. The standard InChI is InChI=1S/C18H24N2O4/c1-13-6-4-5-7-14(13)11-20-15(8-9-16(20)21)10-17(22)19(2)12-18(23)24-3/h4-7,15H,8-12H2,1-3H3. The average molecular weight is 332 g/mol. The Morgan fingerprint density at radius 3 is 2.71 bits per heavy atom. The van der Waals surface area contributed by atoms with E-state index in [0.29, 0.717) is 19.4 Å². The fourth-order valence-electron chi connectivity index (χ4n) is 2.90. The van der Waals surface area contributed by atoms with Gasteiger partial charge in [0.05, 0.1) is 7.11 Å². The number of benzene rings is 1. The maximum absolute atomic E-state index is 12.3. The van der Waals surface area contributed by atoms with E-state index >= 15 is 0 Å². The lowest BCUT2D eigenvalue weighted by Gasteiger charge is -2.27. The molecule has 2 rings (SSSR count). The Bertz CT molecular complexity index is 629. The largest absolute Gasteiger partial charge is 0.468 e. The van der Waals surface area contributed by atoms with Gasteiger partial charge in [0.1, 0.15) is 6.54 Å². The van der Waals surface area contributed by atoms with Gasteiger partial charge >= 0.3 is 5.97 Å².